The van der Waals surface area contributed by atoms with E-state index >= 15 is 0 Å². The van der Waals surface area contributed by atoms with Gasteiger partial charge in [-0.3, -0.25) is 14.9 Å². The van der Waals surface area contributed by atoms with Crippen molar-refractivity contribution in [2.45, 2.75) is 20.8 Å². The molecule has 0 atom stereocenters. The number of carbonyl (C=O) groups is 1. The zero-order chi connectivity index (χ0) is 15.3. The molecule has 1 aromatic carbocycles. The molecular weight excluding hydrogens is 262 g/mol. The van der Waals surface area contributed by atoms with Gasteiger partial charge in [0.25, 0.3) is 5.69 Å². The first-order valence-corrected chi connectivity index (χ1v) is 6.24. The Balaban J connectivity index is 3.06. The molecule has 0 bridgehead atoms. The van der Waals surface area contributed by atoms with Crippen LogP contribution in [0.3, 0.4) is 0 Å². The van der Waals surface area contributed by atoms with Crippen LogP contribution in [0.4, 0.5) is 11.4 Å². The molecule has 0 heterocycles. The number of hydrogen-bond donors (Lipinski definition) is 2. The molecule has 0 radical (unpaired) electrons. The number of hydrogen-bond acceptors (Lipinski definition) is 5. The first kappa shape index (κ1) is 15.9. The van der Waals surface area contributed by atoms with Crippen LogP contribution in [0.5, 0.6) is 5.75 Å². The fourth-order valence-corrected chi connectivity index (χ4v) is 1.41. The van der Waals surface area contributed by atoms with E-state index in [1.165, 1.54) is 12.1 Å². The fourth-order valence-electron chi connectivity index (χ4n) is 1.41. The summed E-state index contributed by atoms with van der Waals surface area (Å²) in [4.78, 5) is 22.5. The maximum atomic E-state index is 12.0. The second-order valence-electron chi connectivity index (χ2n) is 4.91. The number of ether oxygens (including phenoxy) is 1. The summed E-state index contributed by atoms with van der Waals surface area (Å²) in [5.74, 6) is 0.0162. The molecule has 0 saturated carbocycles. The molecule has 3 N–H and O–H groups in total. The highest BCUT2D eigenvalue weighted by Crippen LogP contribution is 2.30. The van der Waals surface area contributed by atoms with Crippen molar-refractivity contribution in [1.29, 1.82) is 0 Å². The second kappa shape index (κ2) is 6.33. The van der Waals surface area contributed by atoms with Crippen LogP contribution >= 0.6 is 0 Å². The summed E-state index contributed by atoms with van der Waals surface area (Å²) in [6.45, 7) is 5.67. The summed E-state index contributed by atoms with van der Waals surface area (Å²) in [5, 5.41) is 13.6. The number of nitro benzene ring substituents is 1. The number of carbonyl (C=O) groups excluding carboxylic acids is 1. The molecule has 1 aromatic rings. The van der Waals surface area contributed by atoms with Crippen LogP contribution in [0.25, 0.3) is 0 Å². The zero-order valence-electron chi connectivity index (χ0n) is 11.8. The molecule has 0 fully saturated rings. The van der Waals surface area contributed by atoms with E-state index in [-0.39, 0.29) is 23.8 Å². The van der Waals surface area contributed by atoms with E-state index in [9.17, 15) is 14.9 Å². The first-order valence-electron chi connectivity index (χ1n) is 6.24. The van der Waals surface area contributed by atoms with E-state index in [0.29, 0.717) is 12.4 Å². The van der Waals surface area contributed by atoms with Gasteiger partial charge >= 0.3 is 0 Å². The quantitative estimate of drug-likeness (QED) is 0.611. The van der Waals surface area contributed by atoms with Gasteiger partial charge in [-0.05, 0) is 32.9 Å². The van der Waals surface area contributed by atoms with Crippen LogP contribution in [-0.4, -0.2) is 24.0 Å². The molecule has 1 amide bonds. The number of nitrogens with zero attached hydrogens (tertiary/aromatic N) is 1. The summed E-state index contributed by atoms with van der Waals surface area (Å²) in [7, 11) is 0. The lowest BCUT2D eigenvalue weighted by atomic mass is 9.92. The van der Waals surface area contributed by atoms with Crippen LogP contribution < -0.4 is 15.8 Å². The van der Waals surface area contributed by atoms with Crippen molar-refractivity contribution < 1.29 is 14.5 Å². The van der Waals surface area contributed by atoms with Crippen molar-refractivity contribution in [3.63, 3.8) is 0 Å². The smallest absolute Gasteiger partial charge is 0.296 e. The minimum atomic E-state index is -0.799. The van der Waals surface area contributed by atoms with Crippen molar-refractivity contribution in [1.82, 2.24) is 0 Å². The highest BCUT2D eigenvalue weighted by molar-refractivity contribution is 5.97. The van der Waals surface area contributed by atoms with Gasteiger partial charge in [0, 0.05) is 6.54 Å². The normalized spacial score (nSPS) is 11.0. The van der Waals surface area contributed by atoms with Crippen LogP contribution in [0.2, 0.25) is 0 Å². The van der Waals surface area contributed by atoms with Gasteiger partial charge in [-0.15, -0.1) is 0 Å². The molecule has 0 aliphatic carbocycles. The Hall–Kier alpha value is -2.15. The first-order chi connectivity index (χ1) is 9.31. The third-order valence-corrected chi connectivity index (χ3v) is 2.85. The van der Waals surface area contributed by atoms with Gasteiger partial charge in [-0.1, -0.05) is 0 Å². The number of nitrogens with two attached hydrogens (primary N) is 1. The molecule has 0 saturated heterocycles. The van der Waals surface area contributed by atoms with Crippen LogP contribution in [-0.2, 0) is 4.79 Å². The maximum absolute atomic E-state index is 12.0. The van der Waals surface area contributed by atoms with Gasteiger partial charge in [0.2, 0.25) is 5.91 Å². The van der Waals surface area contributed by atoms with Crippen molar-refractivity contribution in [2.24, 2.45) is 11.1 Å². The lowest BCUT2D eigenvalue weighted by Gasteiger charge is -2.21. The summed E-state index contributed by atoms with van der Waals surface area (Å²) in [6, 6.07) is 4.31. The molecular formula is C13H19N3O4. The monoisotopic (exact) mass is 281 g/mol. The number of rotatable bonds is 6. The van der Waals surface area contributed by atoms with Crippen LogP contribution in [0.15, 0.2) is 18.2 Å². The Labute approximate surface area is 117 Å². The average Bonchev–Trinajstić information content (AvgIpc) is 2.40. The van der Waals surface area contributed by atoms with Crippen molar-refractivity contribution >= 4 is 17.3 Å². The topological polar surface area (TPSA) is 107 Å². The molecule has 0 spiro atoms. The molecule has 7 heteroatoms. The highest BCUT2D eigenvalue weighted by atomic mass is 16.6. The lowest BCUT2D eigenvalue weighted by molar-refractivity contribution is -0.384. The molecule has 1 rings (SSSR count). The zero-order valence-corrected chi connectivity index (χ0v) is 11.8. The molecule has 20 heavy (non-hydrogen) atoms. The lowest BCUT2D eigenvalue weighted by Crippen LogP contribution is -2.37. The van der Waals surface area contributed by atoms with Gasteiger partial charge in [-0.2, -0.15) is 0 Å². The molecule has 0 aliphatic rings. The summed E-state index contributed by atoms with van der Waals surface area (Å²) in [6.07, 6.45) is 0. The summed E-state index contributed by atoms with van der Waals surface area (Å²) >= 11 is 0. The minimum absolute atomic E-state index is 0.130. The number of nitrogens with one attached hydrogen (secondary N) is 1. The molecule has 0 aliphatic heterocycles. The maximum Gasteiger partial charge on any atom is 0.296 e. The van der Waals surface area contributed by atoms with E-state index in [4.69, 9.17) is 10.5 Å². The number of anilines is 1. The summed E-state index contributed by atoms with van der Waals surface area (Å²) in [5.41, 5.74) is 4.63. The predicted octanol–water partition coefficient (Wildman–Crippen LogP) is 1.92. The van der Waals surface area contributed by atoms with Gasteiger partial charge in [0.15, 0.2) is 0 Å². The number of benzene rings is 1. The summed E-state index contributed by atoms with van der Waals surface area (Å²) < 4.78 is 5.21. The third-order valence-electron chi connectivity index (χ3n) is 2.85. The standard InChI is InChI=1S/C13H19N3O4/c1-4-20-9-5-6-10(11(7-9)16(18)19)15-12(17)13(2,3)8-14/h5-7H,4,8,14H2,1-3H3,(H,15,17). The second-order valence-corrected chi connectivity index (χ2v) is 4.91. The van der Waals surface area contributed by atoms with E-state index in [2.05, 4.69) is 5.32 Å². The van der Waals surface area contributed by atoms with Gasteiger partial charge in [0.05, 0.1) is 23.0 Å². The van der Waals surface area contributed by atoms with E-state index in [1.807, 2.05) is 0 Å². The van der Waals surface area contributed by atoms with Crippen molar-refractivity contribution in [3.8, 4) is 5.75 Å². The fraction of sp³-hybridized carbons (Fsp3) is 0.462. The van der Waals surface area contributed by atoms with E-state index in [1.54, 1.807) is 26.8 Å². The van der Waals surface area contributed by atoms with E-state index in [0.717, 1.165) is 0 Å². The predicted molar refractivity (Wildman–Crippen MR) is 75.7 cm³/mol. The van der Waals surface area contributed by atoms with Gasteiger partial charge in [-0.25, -0.2) is 0 Å². The third kappa shape index (κ3) is 3.67. The van der Waals surface area contributed by atoms with Gasteiger partial charge in [0.1, 0.15) is 11.4 Å². The van der Waals surface area contributed by atoms with Gasteiger partial charge < -0.3 is 15.8 Å². The molecule has 0 unspecified atom stereocenters. The number of amides is 1. The largest absolute Gasteiger partial charge is 0.494 e. The van der Waals surface area contributed by atoms with E-state index < -0.39 is 10.3 Å². The Morgan fingerprint density at radius 2 is 2.15 bits per heavy atom. The average molecular weight is 281 g/mol. The molecule has 0 aromatic heterocycles. The number of nitro groups is 1. The Morgan fingerprint density at radius 1 is 1.50 bits per heavy atom. The Bertz CT molecular complexity index is 514. The van der Waals surface area contributed by atoms with Crippen LogP contribution in [0, 0.1) is 15.5 Å². The van der Waals surface area contributed by atoms with Crippen molar-refractivity contribution in [2.75, 3.05) is 18.5 Å². The Kier molecular flexibility index (Phi) is 5.04. The highest BCUT2D eigenvalue weighted by Gasteiger charge is 2.28. The minimum Gasteiger partial charge on any atom is -0.494 e. The SMILES string of the molecule is CCOc1ccc(NC(=O)C(C)(C)CN)c([N+](=O)[O-])c1. The molecule has 7 nitrogen and oxygen atoms in total. The van der Waals surface area contributed by atoms with Crippen LogP contribution in [0.1, 0.15) is 20.8 Å². The Morgan fingerprint density at radius 3 is 2.65 bits per heavy atom. The molecule has 110 valence electrons. The van der Waals surface area contributed by atoms with Crippen molar-refractivity contribution in [3.05, 3.63) is 28.3 Å².